The molecule has 12 heavy (non-hydrogen) atoms. The second-order valence-electron chi connectivity index (χ2n) is 3.71. The molecule has 72 valence electrons. The van der Waals surface area contributed by atoms with Gasteiger partial charge in [-0.3, -0.25) is 0 Å². The molecular weight excluding hydrogens is 156 g/mol. The fourth-order valence-corrected chi connectivity index (χ4v) is 1.60. The van der Waals surface area contributed by atoms with Gasteiger partial charge in [0, 0.05) is 19.1 Å². The summed E-state index contributed by atoms with van der Waals surface area (Å²) < 4.78 is 5.26. The Bertz CT molecular complexity index is 127. The van der Waals surface area contributed by atoms with Crippen LogP contribution in [0.3, 0.4) is 0 Å². The van der Waals surface area contributed by atoms with Crippen LogP contribution in [0.1, 0.15) is 19.8 Å². The molecule has 1 aliphatic heterocycles. The fourth-order valence-electron chi connectivity index (χ4n) is 1.60. The van der Waals surface area contributed by atoms with Crippen molar-refractivity contribution in [3.05, 3.63) is 0 Å². The van der Waals surface area contributed by atoms with E-state index in [1.165, 1.54) is 0 Å². The van der Waals surface area contributed by atoms with Crippen LogP contribution in [0, 0.1) is 11.8 Å². The molecule has 0 saturated carbocycles. The fraction of sp³-hybridized carbons (Fsp3) is 1.00. The highest BCUT2D eigenvalue weighted by molar-refractivity contribution is 4.74. The molecule has 0 aromatic heterocycles. The summed E-state index contributed by atoms with van der Waals surface area (Å²) >= 11 is 0. The van der Waals surface area contributed by atoms with E-state index in [0.717, 1.165) is 12.8 Å². The molecule has 0 bridgehead atoms. The zero-order valence-electron chi connectivity index (χ0n) is 7.57. The second-order valence-corrected chi connectivity index (χ2v) is 3.71. The molecule has 0 radical (unpaired) electrons. The lowest BCUT2D eigenvalue weighted by atomic mass is 9.89. The quantitative estimate of drug-likeness (QED) is 0.651. The van der Waals surface area contributed by atoms with Crippen LogP contribution in [-0.4, -0.2) is 36.1 Å². The van der Waals surface area contributed by atoms with Gasteiger partial charge in [0.1, 0.15) is 0 Å². The minimum absolute atomic E-state index is 0.198. The molecule has 0 spiro atoms. The third kappa shape index (κ3) is 2.73. The summed E-state index contributed by atoms with van der Waals surface area (Å²) in [6.07, 6.45) is 1.37. The number of aliphatic hydroxyl groups is 2. The van der Waals surface area contributed by atoms with Gasteiger partial charge < -0.3 is 14.9 Å². The highest BCUT2D eigenvalue weighted by Gasteiger charge is 2.24. The molecule has 0 aliphatic carbocycles. The standard InChI is InChI=1S/C9H18O3/c1-7(5-10)4-8-6-12-3-2-9(8)11/h7-11H,2-6H2,1H3. The first-order chi connectivity index (χ1) is 5.74. The molecular formula is C9H18O3. The maximum atomic E-state index is 9.55. The van der Waals surface area contributed by atoms with E-state index in [1.807, 2.05) is 6.92 Å². The minimum atomic E-state index is -0.229. The summed E-state index contributed by atoms with van der Waals surface area (Å²) in [6, 6.07) is 0. The molecule has 2 N–H and O–H groups in total. The Morgan fingerprint density at radius 3 is 2.92 bits per heavy atom. The Morgan fingerprint density at radius 1 is 1.58 bits per heavy atom. The molecule has 0 aromatic rings. The lowest BCUT2D eigenvalue weighted by Crippen LogP contribution is -2.33. The van der Waals surface area contributed by atoms with Crippen molar-refractivity contribution in [3.63, 3.8) is 0 Å². The second kappa shape index (κ2) is 4.80. The first-order valence-corrected chi connectivity index (χ1v) is 4.60. The molecule has 3 atom stereocenters. The molecule has 3 unspecified atom stereocenters. The van der Waals surface area contributed by atoms with Crippen LogP contribution in [0.5, 0.6) is 0 Å². The minimum Gasteiger partial charge on any atom is -0.396 e. The SMILES string of the molecule is CC(CO)CC1COCCC1O. The average molecular weight is 174 g/mol. The summed E-state index contributed by atoms with van der Waals surface area (Å²) in [4.78, 5) is 0. The number of aliphatic hydroxyl groups excluding tert-OH is 2. The van der Waals surface area contributed by atoms with Crippen LogP contribution < -0.4 is 0 Å². The Hall–Kier alpha value is -0.120. The van der Waals surface area contributed by atoms with Gasteiger partial charge >= 0.3 is 0 Å². The van der Waals surface area contributed by atoms with Crippen LogP contribution in [-0.2, 0) is 4.74 Å². The van der Waals surface area contributed by atoms with E-state index in [9.17, 15) is 5.11 Å². The van der Waals surface area contributed by atoms with E-state index < -0.39 is 0 Å². The summed E-state index contributed by atoms with van der Waals surface area (Å²) in [5.41, 5.74) is 0. The van der Waals surface area contributed by atoms with Gasteiger partial charge in [0.15, 0.2) is 0 Å². The van der Waals surface area contributed by atoms with Gasteiger partial charge in [-0.05, 0) is 18.8 Å². The topological polar surface area (TPSA) is 49.7 Å². The van der Waals surface area contributed by atoms with Crippen molar-refractivity contribution in [2.45, 2.75) is 25.9 Å². The predicted molar refractivity (Wildman–Crippen MR) is 45.8 cm³/mol. The molecule has 0 amide bonds. The third-order valence-corrected chi connectivity index (χ3v) is 2.45. The molecule has 1 aliphatic rings. The van der Waals surface area contributed by atoms with Crippen molar-refractivity contribution < 1.29 is 14.9 Å². The van der Waals surface area contributed by atoms with Crippen LogP contribution in [0.25, 0.3) is 0 Å². The summed E-state index contributed by atoms with van der Waals surface area (Å²) in [7, 11) is 0. The first-order valence-electron chi connectivity index (χ1n) is 4.60. The van der Waals surface area contributed by atoms with Crippen LogP contribution >= 0.6 is 0 Å². The van der Waals surface area contributed by atoms with E-state index in [2.05, 4.69) is 0 Å². The highest BCUT2D eigenvalue weighted by Crippen LogP contribution is 2.21. The van der Waals surface area contributed by atoms with Crippen molar-refractivity contribution in [2.24, 2.45) is 11.8 Å². The van der Waals surface area contributed by atoms with Crippen LogP contribution in [0.2, 0.25) is 0 Å². The molecule has 1 saturated heterocycles. The zero-order valence-corrected chi connectivity index (χ0v) is 7.57. The Labute approximate surface area is 73.4 Å². The Morgan fingerprint density at radius 2 is 2.33 bits per heavy atom. The van der Waals surface area contributed by atoms with E-state index in [-0.39, 0.29) is 24.5 Å². The van der Waals surface area contributed by atoms with Gasteiger partial charge in [-0.15, -0.1) is 0 Å². The number of hydrogen-bond donors (Lipinski definition) is 2. The number of hydrogen-bond acceptors (Lipinski definition) is 3. The molecule has 3 nitrogen and oxygen atoms in total. The Balaban J connectivity index is 2.28. The zero-order chi connectivity index (χ0) is 8.97. The molecule has 1 fully saturated rings. The smallest absolute Gasteiger partial charge is 0.0612 e. The number of rotatable bonds is 3. The largest absolute Gasteiger partial charge is 0.396 e. The average Bonchev–Trinajstić information content (AvgIpc) is 2.09. The Kier molecular flexibility index (Phi) is 3.98. The van der Waals surface area contributed by atoms with Crippen molar-refractivity contribution in [1.82, 2.24) is 0 Å². The van der Waals surface area contributed by atoms with Crippen molar-refractivity contribution in [1.29, 1.82) is 0 Å². The molecule has 3 heteroatoms. The normalized spacial score (nSPS) is 33.2. The van der Waals surface area contributed by atoms with Crippen molar-refractivity contribution >= 4 is 0 Å². The van der Waals surface area contributed by atoms with E-state index >= 15 is 0 Å². The third-order valence-electron chi connectivity index (χ3n) is 2.45. The van der Waals surface area contributed by atoms with E-state index in [0.29, 0.717) is 13.2 Å². The van der Waals surface area contributed by atoms with E-state index in [1.54, 1.807) is 0 Å². The monoisotopic (exact) mass is 174 g/mol. The maximum Gasteiger partial charge on any atom is 0.0612 e. The molecule has 1 rings (SSSR count). The van der Waals surface area contributed by atoms with E-state index in [4.69, 9.17) is 9.84 Å². The van der Waals surface area contributed by atoms with Crippen LogP contribution in [0.15, 0.2) is 0 Å². The lowest BCUT2D eigenvalue weighted by Gasteiger charge is -2.29. The highest BCUT2D eigenvalue weighted by atomic mass is 16.5. The number of ether oxygens (including phenoxy) is 1. The first kappa shape index (κ1) is 9.96. The predicted octanol–water partition coefficient (Wildman–Crippen LogP) is 0.402. The van der Waals surface area contributed by atoms with Crippen molar-refractivity contribution in [3.8, 4) is 0 Å². The molecule has 0 aromatic carbocycles. The van der Waals surface area contributed by atoms with Gasteiger partial charge in [0.2, 0.25) is 0 Å². The van der Waals surface area contributed by atoms with Crippen molar-refractivity contribution in [2.75, 3.05) is 19.8 Å². The van der Waals surface area contributed by atoms with Gasteiger partial charge in [0.25, 0.3) is 0 Å². The van der Waals surface area contributed by atoms with Gasteiger partial charge in [-0.1, -0.05) is 6.92 Å². The maximum absolute atomic E-state index is 9.55. The summed E-state index contributed by atoms with van der Waals surface area (Å²) in [5.74, 6) is 0.493. The van der Waals surface area contributed by atoms with Crippen LogP contribution in [0.4, 0.5) is 0 Å². The molecule has 1 heterocycles. The van der Waals surface area contributed by atoms with Gasteiger partial charge in [-0.25, -0.2) is 0 Å². The lowest BCUT2D eigenvalue weighted by molar-refractivity contribution is -0.0449. The van der Waals surface area contributed by atoms with Gasteiger partial charge in [-0.2, -0.15) is 0 Å². The summed E-state index contributed by atoms with van der Waals surface area (Å²) in [6.45, 7) is 3.50. The summed E-state index contributed by atoms with van der Waals surface area (Å²) in [5, 5.41) is 18.4. The van der Waals surface area contributed by atoms with Gasteiger partial charge in [0.05, 0.1) is 12.7 Å².